The van der Waals surface area contributed by atoms with Crippen LogP contribution in [0.15, 0.2) is 0 Å². The van der Waals surface area contributed by atoms with E-state index < -0.39 is 0 Å². The SMILES string of the molecule is CC1CCC(C(C)(C)CC2CCC(C)O2)C(N)C1. The van der Waals surface area contributed by atoms with Crippen molar-refractivity contribution in [2.24, 2.45) is 23.0 Å². The predicted molar refractivity (Wildman–Crippen MR) is 76.4 cm³/mol. The summed E-state index contributed by atoms with van der Waals surface area (Å²) in [6, 6.07) is 0.391. The second-order valence-corrected chi connectivity index (χ2v) is 7.53. The van der Waals surface area contributed by atoms with Gasteiger partial charge in [0.05, 0.1) is 12.2 Å². The summed E-state index contributed by atoms with van der Waals surface area (Å²) in [5, 5.41) is 0. The Bertz CT molecular complexity index is 276. The zero-order valence-electron chi connectivity index (χ0n) is 12.6. The average Bonchev–Trinajstić information content (AvgIpc) is 2.62. The van der Waals surface area contributed by atoms with Crippen molar-refractivity contribution in [1.82, 2.24) is 0 Å². The Morgan fingerprint density at radius 2 is 1.83 bits per heavy atom. The number of ether oxygens (including phenoxy) is 1. The number of nitrogens with two attached hydrogens (primary N) is 1. The van der Waals surface area contributed by atoms with Gasteiger partial charge in [-0.2, -0.15) is 0 Å². The lowest BCUT2D eigenvalue weighted by Gasteiger charge is -2.43. The highest BCUT2D eigenvalue weighted by Gasteiger charge is 2.39. The van der Waals surface area contributed by atoms with E-state index in [0.717, 1.165) is 5.92 Å². The minimum atomic E-state index is 0.328. The first-order valence-corrected chi connectivity index (χ1v) is 7.79. The Morgan fingerprint density at radius 1 is 1.11 bits per heavy atom. The molecule has 5 unspecified atom stereocenters. The average molecular weight is 253 g/mol. The van der Waals surface area contributed by atoms with Gasteiger partial charge in [0.15, 0.2) is 0 Å². The largest absolute Gasteiger partial charge is 0.375 e. The molecule has 1 aliphatic carbocycles. The fourth-order valence-electron chi connectivity index (χ4n) is 4.17. The van der Waals surface area contributed by atoms with E-state index in [1.54, 1.807) is 0 Å². The zero-order valence-corrected chi connectivity index (χ0v) is 12.6. The Morgan fingerprint density at radius 3 is 2.39 bits per heavy atom. The van der Waals surface area contributed by atoms with E-state index in [2.05, 4.69) is 27.7 Å². The molecule has 1 aliphatic heterocycles. The van der Waals surface area contributed by atoms with Gasteiger partial charge in [0.2, 0.25) is 0 Å². The van der Waals surface area contributed by atoms with Crippen LogP contribution in [0.4, 0.5) is 0 Å². The molecule has 0 amide bonds. The predicted octanol–water partition coefficient (Wildman–Crippen LogP) is 3.73. The van der Waals surface area contributed by atoms with Crippen molar-refractivity contribution < 1.29 is 4.74 Å². The number of rotatable bonds is 3. The second-order valence-electron chi connectivity index (χ2n) is 7.53. The molecule has 0 aromatic rings. The van der Waals surface area contributed by atoms with Gasteiger partial charge >= 0.3 is 0 Å². The van der Waals surface area contributed by atoms with E-state index in [1.807, 2.05) is 0 Å². The van der Waals surface area contributed by atoms with Crippen LogP contribution in [0.25, 0.3) is 0 Å². The Balaban J connectivity index is 1.93. The summed E-state index contributed by atoms with van der Waals surface area (Å²) in [5.74, 6) is 1.49. The lowest BCUT2D eigenvalue weighted by Crippen LogP contribution is -2.44. The van der Waals surface area contributed by atoms with Gasteiger partial charge in [-0.1, -0.05) is 27.2 Å². The molecule has 1 saturated heterocycles. The molecule has 1 heterocycles. The van der Waals surface area contributed by atoms with E-state index in [1.165, 1.54) is 38.5 Å². The molecule has 0 spiro atoms. The molecule has 2 rings (SSSR count). The Hall–Kier alpha value is -0.0800. The molecule has 2 heteroatoms. The maximum Gasteiger partial charge on any atom is 0.0584 e. The summed E-state index contributed by atoms with van der Waals surface area (Å²) in [5.41, 5.74) is 6.74. The summed E-state index contributed by atoms with van der Waals surface area (Å²) < 4.78 is 6.00. The van der Waals surface area contributed by atoms with Crippen LogP contribution in [-0.2, 0) is 4.74 Å². The van der Waals surface area contributed by atoms with Crippen molar-refractivity contribution in [3.05, 3.63) is 0 Å². The Labute approximate surface area is 113 Å². The van der Waals surface area contributed by atoms with Crippen LogP contribution in [0.5, 0.6) is 0 Å². The topological polar surface area (TPSA) is 35.2 Å². The molecule has 2 nitrogen and oxygen atoms in total. The molecule has 0 bridgehead atoms. The molecule has 0 radical (unpaired) electrons. The zero-order chi connectivity index (χ0) is 13.3. The van der Waals surface area contributed by atoms with Crippen LogP contribution in [0.2, 0.25) is 0 Å². The smallest absolute Gasteiger partial charge is 0.0584 e. The highest BCUT2D eigenvalue weighted by molar-refractivity contribution is 4.92. The standard InChI is InChI=1S/C16H31NO/c1-11-5-8-14(15(17)9-11)16(3,4)10-13-7-6-12(2)18-13/h11-15H,5-10,17H2,1-4H3. The van der Waals surface area contributed by atoms with Crippen molar-refractivity contribution >= 4 is 0 Å². The molecular formula is C16H31NO. The molecule has 18 heavy (non-hydrogen) atoms. The maximum absolute atomic E-state index is 6.42. The van der Waals surface area contributed by atoms with Gasteiger partial charge in [-0.15, -0.1) is 0 Å². The van der Waals surface area contributed by atoms with E-state index >= 15 is 0 Å². The van der Waals surface area contributed by atoms with Crippen LogP contribution in [-0.4, -0.2) is 18.2 Å². The van der Waals surface area contributed by atoms with Crippen molar-refractivity contribution in [2.45, 2.75) is 84.5 Å². The lowest BCUT2D eigenvalue weighted by molar-refractivity contribution is 0.00258. The van der Waals surface area contributed by atoms with Gasteiger partial charge in [0, 0.05) is 6.04 Å². The summed E-state index contributed by atoms with van der Waals surface area (Å²) in [7, 11) is 0. The second kappa shape index (κ2) is 5.50. The number of hydrogen-bond acceptors (Lipinski definition) is 2. The van der Waals surface area contributed by atoms with E-state index in [9.17, 15) is 0 Å². The minimum Gasteiger partial charge on any atom is -0.375 e. The fourth-order valence-corrected chi connectivity index (χ4v) is 4.17. The van der Waals surface area contributed by atoms with Crippen LogP contribution >= 0.6 is 0 Å². The van der Waals surface area contributed by atoms with Gasteiger partial charge in [-0.3, -0.25) is 0 Å². The van der Waals surface area contributed by atoms with Crippen LogP contribution in [0, 0.1) is 17.3 Å². The third-order valence-corrected chi connectivity index (χ3v) is 5.24. The van der Waals surface area contributed by atoms with Crippen LogP contribution in [0.3, 0.4) is 0 Å². The molecule has 5 atom stereocenters. The Kier molecular flexibility index (Phi) is 4.38. The molecule has 2 aliphatic rings. The van der Waals surface area contributed by atoms with Crippen molar-refractivity contribution in [2.75, 3.05) is 0 Å². The van der Waals surface area contributed by atoms with E-state index in [4.69, 9.17) is 10.5 Å². The van der Waals surface area contributed by atoms with Crippen LogP contribution in [0.1, 0.15) is 66.2 Å². The van der Waals surface area contributed by atoms with Gasteiger partial charge in [0.1, 0.15) is 0 Å². The third kappa shape index (κ3) is 3.27. The lowest BCUT2D eigenvalue weighted by atomic mass is 9.64. The molecule has 106 valence electrons. The van der Waals surface area contributed by atoms with Gasteiger partial charge in [-0.05, 0) is 56.3 Å². The summed E-state index contributed by atoms with van der Waals surface area (Å²) in [6.45, 7) is 9.34. The summed E-state index contributed by atoms with van der Waals surface area (Å²) >= 11 is 0. The molecule has 2 N–H and O–H groups in total. The van der Waals surface area contributed by atoms with E-state index in [-0.39, 0.29) is 0 Å². The minimum absolute atomic E-state index is 0.328. The van der Waals surface area contributed by atoms with Crippen molar-refractivity contribution in [3.8, 4) is 0 Å². The fraction of sp³-hybridized carbons (Fsp3) is 1.00. The monoisotopic (exact) mass is 253 g/mol. The molecule has 0 aromatic heterocycles. The van der Waals surface area contributed by atoms with Gasteiger partial charge in [0.25, 0.3) is 0 Å². The molecule has 0 aromatic carbocycles. The normalized spacial score (nSPS) is 42.2. The first-order chi connectivity index (χ1) is 8.38. The summed E-state index contributed by atoms with van der Waals surface area (Å²) in [6.07, 6.45) is 8.45. The van der Waals surface area contributed by atoms with Crippen molar-refractivity contribution in [1.29, 1.82) is 0 Å². The first kappa shape index (κ1) is 14.3. The van der Waals surface area contributed by atoms with Crippen LogP contribution < -0.4 is 5.73 Å². The number of hydrogen-bond donors (Lipinski definition) is 1. The molecule has 2 fully saturated rings. The molecular weight excluding hydrogens is 222 g/mol. The maximum atomic E-state index is 6.42. The summed E-state index contributed by atoms with van der Waals surface area (Å²) in [4.78, 5) is 0. The highest BCUT2D eigenvalue weighted by Crippen LogP contribution is 2.44. The highest BCUT2D eigenvalue weighted by atomic mass is 16.5. The van der Waals surface area contributed by atoms with Gasteiger partial charge in [-0.25, -0.2) is 0 Å². The first-order valence-electron chi connectivity index (χ1n) is 7.79. The van der Waals surface area contributed by atoms with Crippen molar-refractivity contribution in [3.63, 3.8) is 0 Å². The van der Waals surface area contributed by atoms with E-state index in [0.29, 0.717) is 29.6 Å². The van der Waals surface area contributed by atoms with Gasteiger partial charge < -0.3 is 10.5 Å². The third-order valence-electron chi connectivity index (χ3n) is 5.24. The molecule has 1 saturated carbocycles. The quantitative estimate of drug-likeness (QED) is 0.831.